The minimum atomic E-state index is -0.581. The SMILES string of the molecule is CCOC(=O)c1nc(-c2cccc(F)c2)n[nH]1. The third-order valence-electron chi connectivity index (χ3n) is 2.04. The lowest BCUT2D eigenvalue weighted by Crippen LogP contribution is -2.06. The zero-order valence-electron chi connectivity index (χ0n) is 9.11. The van der Waals surface area contributed by atoms with Crippen LogP contribution in [0.4, 0.5) is 4.39 Å². The van der Waals surface area contributed by atoms with Crippen LogP contribution in [0.25, 0.3) is 11.4 Å². The van der Waals surface area contributed by atoms with Crippen molar-refractivity contribution in [2.24, 2.45) is 0 Å². The second-order valence-corrected chi connectivity index (χ2v) is 3.24. The van der Waals surface area contributed by atoms with E-state index in [-0.39, 0.29) is 24.1 Å². The molecule has 0 unspecified atom stereocenters. The highest BCUT2D eigenvalue weighted by Gasteiger charge is 2.13. The minimum Gasteiger partial charge on any atom is -0.460 e. The average molecular weight is 235 g/mol. The molecule has 0 aliphatic carbocycles. The summed E-state index contributed by atoms with van der Waals surface area (Å²) in [5.41, 5.74) is 0.497. The number of halogens is 1. The quantitative estimate of drug-likeness (QED) is 0.823. The van der Waals surface area contributed by atoms with Crippen LogP contribution in [0.5, 0.6) is 0 Å². The van der Waals surface area contributed by atoms with Gasteiger partial charge in [-0.3, -0.25) is 5.10 Å². The number of carbonyl (C=O) groups is 1. The third-order valence-corrected chi connectivity index (χ3v) is 2.04. The Bertz CT molecular complexity index is 539. The topological polar surface area (TPSA) is 67.9 Å². The van der Waals surface area contributed by atoms with E-state index < -0.39 is 5.97 Å². The molecule has 0 spiro atoms. The largest absolute Gasteiger partial charge is 0.460 e. The van der Waals surface area contributed by atoms with Gasteiger partial charge in [0.15, 0.2) is 5.82 Å². The number of esters is 1. The number of H-pyrrole nitrogens is 1. The highest BCUT2D eigenvalue weighted by molar-refractivity contribution is 5.85. The Kier molecular flexibility index (Phi) is 3.13. The number of rotatable bonds is 3. The van der Waals surface area contributed by atoms with Crippen LogP contribution in [0, 0.1) is 5.82 Å². The van der Waals surface area contributed by atoms with Crippen molar-refractivity contribution in [3.63, 3.8) is 0 Å². The van der Waals surface area contributed by atoms with E-state index in [0.29, 0.717) is 5.56 Å². The van der Waals surface area contributed by atoms with E-state index in [1.807, 2.05) is 0 Å². The number of nitrogens with one attached hydrogen (secondary N) is 1. The number of benzene rings is 1. The molecule has 0 bridgehead atoms. The lowest BCUT2D eigenvalue weighted by molar-refractivity contribution is 0.0512. The summed E-state index contributed by atoms with van der Waals surface area (Å²) in [7, 11) is 0. The standard InChI is InChI=1S/C11H10FN3O2/c1-2-17-11(16)10-13-9(14-15-10)7-4-3-5-8(12)6-7/h3-6H,2H2,1H3,(H,13,14,15). The van der Waals surface area contributed by atoms with Crippen molar-refractivity contribution in [1.82, 2.24) is 15.2 Å². The summed E-state index contributed by atoms with van der Waals surface area (Å²) in [5.74, 6) is -0.702. The van der Waals surface area contributed by atoms with Gasteiger partial charge in [-0.25, -0.2) is 14.2 Å². The van der Waals surface area contributed by atoms with Crippen molar-refractivity contribution >= 4 is 5.97 Å². The molecule has 6 heteroatoms. The maximum atomic E-state index is 13.0. The normalized spacial score (nSPS) is 10.2. The predicted octanol–water partition coefficient (Wildman–Crippen LogP) is 1.79. The summed E-state index contributed by atoms with van der Waals surface area (Å²) in [6.07, 6.45) is 0. The van der Waals surface area contributed by atoms with Crippen LogP contribution in [0.3, 0.4) is 0 Å². The molecule has 88 valence electrons. The van der Waals surface area contributed by atoms with Crippen LogP contribution < -0.4 is 0 Å². The molecule has 0 amide bonds. The molecule has 1 aromatic carbocycles. The van der Waals surface area contributed by atoms with E-state index in [0.717, 1.165) is 0 Å². The fourth-order valence-electron chi connectivity index (χ4n) is 1.31. The van der Waals surface area contributed by atoms with Crippen molar-refractivity contribution in [2.45, 2.75) is 6.92 Å². The van der Waals surface area contributed by atoms with Crippen molar-refractivity contribution in [3.05, 3.63) is 35.9 Å². The number of aromatic amines is 1. The fourth-order valence-corrected chi connectivity index (χ4v) is 1.31. The second kappa shape index (κ2) is 4.73. The summed E-state index contributed by atoms with van der Waals surface area (Å²) in [6.45, 7) is 1.95. The summed E-state index contributed by atoms with van der Waals surface area (Å²) in [5, 5.41) is 6.28. The van der Waals surface area contributed by atoms with Crippen molar-refractivity contribution < 1.29 is 13.9 Å². The lowest BCUT2D eigenvalue weighted by atomic mass is 10.2. The first kappa shape index (κ1) is 11.3. The average Bonchev–Trinajstić information content (AvgIpc) is 2.78. The fraction of sp³-hybridized carbons (Fsp3) is 0.182. The van der Waals surface area contributed by atoms with Crippen molar-refractivity contribution in [2.75, 3.05) is 6.61 Å². The molecule has 2 rings (SSSR count). The maximum absolute atomic E-state index is 13.0. The molecule has 2 aromatic rings. The van der Waals surface area contributed by atoms with Gasteiger partial charge >= 0.3 is 5.97 Å². The molecule has 0 aliphatic rings. The van der Waals surface area contributed by atoms with Gasteiger partial charge in [-0.15, -0.1) is 0 Å². The summed E-state index contributed by atoms with van der Waals surface area (Å²) in [6, 6.07) is 5.81. The van der Waals surface area contributed by atoms with Gasteiger partial charge in [-0.2, -0.15) is 5.10 Å². The highest BCUT2D eigenvalue weighted by Crippen LogP contribution is 2.15. The van der Waals surface area contributed by atoms with E-state index in [4.69, 9.17) is 4.74 Å². The predicted molar refractivity (Wildman–Crippen MR) is 57.7 cm³/mol. The first-order chi connectivity index (χ1) is 8.20. The Labute approximate surface area is 96.6 Å². The third kappa shape index (κ3) is 2.47. The lowest BCUT2D eigenvalue weighted by Gasteiger charge is -1.95. The number of hydrogen-bond acceptors (Lipinski definition) is 4. The van der Waals surface area contributed by atoms with E-state index in [1.165, 1.54) is 12.1 Å². The first-order valence-corrected chi connectivity index (χ1v) is 5.06. The Balaban J connectivity index is 2.27. The van der Waals surface area contributed by atoms with Gasteiger partial charge < -0.3 is 4.74 Å². The van der Waals surface area contributed by atoms with Gasteiger partial charge in [-0.1, -0.05) is 12.1 Å². The second-order valence-electron chi connectivity index (χ2n) is 3.24. The molecular formula is C11H10FN3O2. The van der Waals surface area contributed by atoms with E-state index in [9.17, 15) is 9.18 Å². The Morgan fingerprint density at radius 2 is 2.35 bits per heavy atom. The molecule has 17 heavy (non-hydrogen) atoms. The molecule has 0 aliphatic heterocycles. The van der Waals surface area contributed by atoms with E-state index >= 15 is 0 Å². The molecule has 1 aromatic heterocycles. The van der Waals surface area contributed by atoms with Crippen LogP contribution in [0.15, 0.2) is 24.3 Å². The number of nitrogens with zero attached hydrogens (tertiary/aromatic N) is 2. The molecule has 1 heterocycles. The molecule has 5 nitrogen and oxygen atoms in total. The van der Waals surface area contributed by atoms with Crippen LogP contribution in [-0.2, 0) is 4.74 Å². The Morgan fingerprint density at radius 3 is 3.06 bits per heavy atom. The molecule has 0 saturated carbocycles. The maximum Gasteiger partial charge on any atom is 0.375 e. The Morgan fingerprint density at radius 1 is 1.53 bits per heavy atom. The molecular weight excluding hydrogens is 225 g/mol. The molecule has 0 fully saturated rings. The zero-order valence-corrected chi connectivity index (χ0v) is 9.11. The number of ether oxygens (including phenoxy) is 1. The summed E-state index contributed by atoms with van der Waals surface area (Å²) < 4.78 is 17.7. The van der Waals surface area contributed by atoms with Crippen molar-refractivity contribution in [3.8, 4) is 11.4 Å². The van der Waals surface area contributed by atoms with E-state index in [1.54, 1.807) is 19.1 Å². The number of carbonyl (C=O) groups excluding carboxylic acids is 1. The summed E-state index contributed by atoms with van der Waals surface area (Å²) >= 11 is 0. The monoisotopic (exact) mass is 235 g/mol. The van der Waals surface area contributed by atoms with Gasteiger partial charge in [0.1, 0.15) is 5.82 Å². The molecule has 0 atom stereocenters. The first-order valence-electron chi connectivity index (χ1n) is 5.06. The van der Waals surface area contributed by atoms with Crippen LogP contribution in [0.1, 0.15) is 17.5 Å². The molecule has 0 radical (unpaired) electrons. The van der Waals surface area contributed by atoms with Crippen LogP contribution in [0.2, 0.25) is 0 Å². The van der Waals surface area contributed by atoms with Gasteiger partial charge in [0.05, 0.1) is 6.61 Å². The van der Waals surface area contributed by atoms with Gasteiger partial charge in [0.25, 0.3) is 0 Å². The number of hydrogen-bond donors (Lipinski definition) is 1. The molecule has 0 saturated heterocycles. The Hall–Kier alpha value is -2.24. The van der Waals surface area contributed by atoms with E-state index in [2.05, 4.69) is 15.2 Å². The van der Waals surface area contributed by atoms with Crippen molar-refractivity contribution in [1.29, 1.82) is 0 Å². The number of aromatic nitrogens is 3. The van der Waals surface area contributed by atoms with Crippen LogP contribution in [-0.4, -0.2) is 27.8 Å². The molecule has 1 N–H and O–H groups in total. The smallest absolute Gasteiger partial charge is 0.375 e. The zero-order chi connectivity index (χ0) is 12.3. The highest BCUT2D eigenvalue weighted by atomic mass is 19.1. The van der Waals surface area contributed by atoms with Gasteiger partial charge in [0, 0.05) is 5.56 Å². The van der Waals surface area contributed by atoms with Gasteiger partial charge in [-0.05, 0) is 19.1 Å². The van der Waals surface area contributed by atoms with Gasteiger partial charge in [0.2, 0.25) is 5.82 Å². The summed E-state index contributed by atoms with van der Waals surface area (Å²) in [4.78, 5) is 15.3. The van der Waals surface area contributed by atoms with Crippen LogP contribution >= 0.6 is 0 Å². The minimum absolute atomic E-state index is 0.00566.